The standard InChI is InChI=1S/C19H13NO3S2/c21-18-17(8-4-7-13-5-2-1-3-6-13)25-19(24)20(18)14-9-10-15-16(11-14)23-12-22-15/h1-11H,12H2/b7-4+,17-8-. The van der Waals surface area contributed by atoms with E-state index in [9.17, 15) is 4.79 Å². The van der Waals surface area contributed by atoms with Gasteiger partial charge in [0.05, 0.1) is 10.6 Å². The monoisotopic (exact) mass is 367 g/mol. The van der Waals surface area contributed by atoms with Crippen molar-refractivity contribution >= 4 is 46.0 Å². The Morgan fingerprint density at radius 3 is 2.72 bits per heavy atom. The van der Waals surface area contributed by atoms with Gasteiger partial charge < -0.3 is 9.47 Å². The molecule has 2 aliphatic rings. The third-order valence-corrected chi connectivity index (χ3v) is 5.06. The van der Waals surface area contributed by atoms with Gasteiger partial charge in [0.2, 0.25) is 6.79 Å². The first kappa shape index (κ1) is 15.9. The van der Waals surface area contributed by atoms with Crippen LogP contribution in [0.4, 0.5) is 5.69 Å². The van der Waals surface area contributed by atoms with Crippen LogP contribution in [0.2, 0.25) is 0 Å². The highest BCUT2D eigenvalue weighted by Gasteiger charge is 2.33. The Morgan fingerprint density at radius 2 is 1.88 bits per heavy atom. The van der Waals surface area contributed by atoms with E-state index in [1.165, 1.54) is 16.7 Å². The summed E-state index contributed by atoms with van der Waals surface area (Å²) in [5.74, 6) is 1.17. The van der Waals surface area contributed by atoms with E-state index >= 15 is 0 Å². The molecule has 4 nitrogen and oxygen atoms in total. The lowest BCUT2D eigenvalue weighted by Gasteiger charge is -2.14. The molecule has 0 bridgehead atoms. The lowest BCUT2D eigenvalue weighted by Crippen LogP contribution is -2.27. The lowest BCUT2D eigenvalue weighted by molar-refractivity contribution is -0.113. The number of fused-ring (bicyclic) bond motifs is 1. The Morgan fingerprint density at radius 1 is 1.08 bits per heavy atom. The third-order valence-electron chi connectivity index (χ3n) is 3.74. The molecule has 2 aromatic carbocycles. The number of rotatable bonds is 3. The smallest absolute Gasteiger partial charge is 0.270 e. The number of benzene rings is 2. The van der Waals surface area contributed by atoms with Crippen molar-refractivity contribution < 1.29 is 14.3 Å². The van der Waals surface area contributed by atoms with Gasteiger partial charge in [-0.1, -0.05) is 66.5 Å². The van der Waals surface area contributed by atoms with Crippen molar-refractivity contribution in [2.75, 3.05) is 11.7 Å². The quantitative estimate of drug-likeness (QED) is 0.595. The van der Waals surface area contributed by atoms with Crippen LogP contribution in [0.3, 0.4) is 0 Å². The zero-order valence-electron chi connectivity index (χ0n) is 13.0. The highest BCUT2D eigenvalue weighted by atomic mass is 32.2. The maximum absolute atomic E-state index is 12.7. The van der Waals surface area contributed by atoms with Crippen molar-refractivity contribution in [2.24, 2.45) is 0 Å². The van der Waals surface area contributed by atoms with Crippen molar-refractivity contribution in [2.45, 2.75) is 0 Å². The van der Waals surface area contributed by atoms with Gasteiger partial charge >= 0.3 is 0 Å². The maximum atomic E-state index is 12.7. The number of ether oxygens (including phenoxy) is 2. The third kappa shape index (κ3) is 3.18. The molecule has 0 radical (unpaired) electrons. The number of allylic oxidation sites excluding steroid dienone is 2. The Labute approximate surface area is 154 Å². The highest BCUT2D eigenvalue weighted by molar-refractivity contribution is 8.27. The minimum atomic E-state index is -0.133. The first-order valence-electron chi connectivity index (χ1n) is 7.62. The minimum absolute atomic E-state index is 0.133. The van der Waals surface area contributed by atoms with Crippen LogP contribution in [0, 0.1) is 0 Å². The molecule has 124 valence electrons. The molecule has 0 spiro atoms. The predicted molar refractivity (Wildman–Crippen MR) is 104 cm³/mol. The molecule has 1 saturated heterocycles. The second kappa shape index (κ2) is 6.74. The molecule has 1 amide bonds. The van der Waals surface area contributed by atoms with Crippen LogP contribution in [0.15, 0.2) is 65.6 Å². The number of thiocarbonyl (C=S) groups is 1. The van der Waals surface area contributed by atoms with Crippen LogP contribution in [-0.4, -0.2) is 17.0 Å². The summed E-state index contributed by atoms with van der Waals surface area (Å²) in [5, 5.41) is 0. The summed E-state index contributed by atoms with van der Waals surface area (Å²) in [4.78, 5) is 14.8. The Kier molecular flexibility index (Phi) is 4.29. The van der Waals surface area contributed by atoms with Crippen LogP contribution in [0.25, 0.3) is 6.08 Å². The fourth-order valence-electron chi connectivity index (χ4n) is 2.54. The second-order valence-electron chi connectivity index (χ2n) is 5.35. The van der Waals surface area contributed by atoms with Gasteiger partial charge in [0, 0.05) is 6.07 Å². The number of anilines is 1. The molecule has 0 saturated carbocycles. The largest absolute Gasteiger partial charge is 0.454 e. The summed E-state index contributed by atoms with van der Waals surface area (Å²) < 4.78 is 11.2. The summed E-state index contributed by atoms with van der Waals surface area (Å²) >= 11 is 6.67. The van der Waals surface area contributed by atoms with Gasteiger partial charge in [-0.05, 0) is 23.8 Å². The topological polar surface area (TPSA) is 38.8 Å². The molecule has 2 aliphatic heterocycles. The number of hydrogen-bond acceptors (Lipinski definition) is 5. The molecule has 25 heavy (non-hydrogen) atoms. The molecule has 0 aliphatic carbocycles. The van der Waals surface area contributed by atoms with Gasteiger partial charge in [-0.2, -0.15) is 0 Å². The van der Waals surface area contributed by atoms with Crippen molar-refractivity contribution in [1.82, 2.24) is 0 Å². The van der Waals surface area contributed by atoms with E-state index in [0.29, 0.717) is 26.4 Å². The van der Waals surface area contributed by atoms with Crippen LogP contribution in [0.1, 0.15) is 5.56 Å². The Balaban J connectivity index is 1.56. The van der Waals surface area contributed by atoms with E-state index in [4.69, 9.17) is 21.7 Å². The normalized spacial score (nSPS) is 17.9. The molecule has 0 unspecified atom stereocenters. The number of hydrogen-bond donors (Lipinski definition) is 0. The van der Waals surface area contributed by atoms with Gasteiger partial charge in [0.15, 0.2) is 15.8 Å². The summed E-state index contributed by atoms with van der Waals surface area (Å²) in [6, 6.07) is 15.3. The SMILES string of the molecule is O=C1/C(=C/C=C/c2ccccc2)SC(=S)N1c1ccc2c(c1)OCO2. The van der Waals surface area contributed by atoms with E-state index in [2.05, 4.69) is 0 Å². The molecule has 2 aromatic rings. The number of thioether (sulfide) groups is 1. The number of carbonyl (C=O) groups is 1. The minimum Gasteiger partial charge on any atom is -0.454 e. The van der Waals surface area contributed by atoms with E-state index in [1.807, 2.05) is 42.5 Å². The van der Waals surface area contributed by atoms with E-state index in [-0.39, 0.29) is 12.7 Å². The first-order chi connectivity index (χ1) is 12.2. The average Bonchev–Trinajstić information content (AvgIpc) is 3.20. The lowest BCUT2D eigenvalue weighted by atomic mass is 10.2. The maximum Gasteiger partial charge on any atom is 0.270 e. The van der Waals surface area contributed by atoms with Crippen LogP contribution >= 0.6 is 24.0 Å². The summed E-state index contributed by atoms with van der Waals surface area (Å²) in [6.07, 6.45) is 5.60. The van der Waals surface area contributed by atoms with Crippen LogP contribution < -0.4 is 14.4 Å². The molecular formula is C19H13NO3S2. The van der Waals surface area contributed by atoms with Crippen LogP contribution in [-0.2, 0) is 4.79 Å². The van der Waals surface area contributed by atoms with Gasteiger partial charge in [-0.3, -0.25) is 9.69 Å². The van der Waals surface area contributed by atoms with Crippen molar-refractivity contribution in [1.29, 1.82) is 0 Å². The molecule has 1 fully saturated rings. The number of carbonyl (C=O) groups excluding carboxylic acids is 1. The zero-order valence-corrected chi connectivity index (χ0v) is 14.7. The highest BCUT2D eigenvalue weighted by Crippen LogP contribution is 2.40. The van der Waals surface area contributed by atoms with Gasteiger partial charge in [0.25, 0.3) is 5.91 Å². The van der Waals surface area contributed by atoms with Crippen molar-refractivity contribution in [3.63, 3.8) is 0 Å². The average molecular weight is 367 g/mol. The van der Waals surface area contributed by atoms with Crippen LogP contribution in [0.5, 0.6) is 11.5 Å². The predicted octanol–water partition coefficient (Wildman–Crippen LogP) is 4.38. The van der Waals surface area contributed by atoms with Gasteiger partial charge in [0.1, 0.15) is 0 Å². The molecule has 0 aromatic heterocycles. The summed E-state index contributed by atoms with van der Waals surface area (Å²) in [7, 11) is 0. The molecule has 0 N–H and O–H groups in total. The van der Waals surface area contributed by atoms with Gasteiger partial charge in [-0.15, -0.1) is 0 Å². The van der Waals surface area contributed by atoms with E-state index in [0.717, 1.165) is 5.56 Å². The van der Waals surface area contributed by atoms with Crippen molar-refractivity contribution in [3.8, 4) is 11.5 Å². The Bertz CT molecular complexity index is 906. The molecular weight excluding hydrogens is 354 g/mol. The fraction of sp³-hybridized carbons (Fsp3) is 0.0526. The molecule has 0 atom stereocenters. The molecule has 6 heteroatoms. The van der Waals surface area contributed by atoms with E-state index < -0.39 is 0 Å². The summed E-state index contributed by atoms with van der Waals surface area (Å²) in [5.41, 5.74) is 1.76. The molecule has 4 rings (SSSR count). The van der Waals surface area contributed by atoms with Crippen molar-refractivity contribution in [3.05, 3.63) is 71.2 Å². The zero-order chi connectivity index (χ0) is 17.2. The van der Waals surface area contributed by atoms with Gasteiger partial charge in [-0.25, -0.2) is 0 Å². The number of amides is 1. The summed E-state index contributed by atoms with van der Waals surface area (Å²) in [6.45, 7) is 0.196. The molecule has 2 heterocycles. The second-order valence-corrected chi connectivity index (χ2v) is 7.02. The number of nitrogens with zero attached hydrogens (tertiary/aromatic N) is 1. The fourth-order valence-corrected chi connectivity index (χ4v) is 3.79. The first-order valence-corrected chi connectivity index (χ1v) is 8.84. The van der Waals surface area contributed by atoms with E-state index in [1.54, 1.807) is 24.3 Å². The Hall–Kier alpha value is -2.57.